The summed E-state index contributed by atoms with van der Waals surface area (Å²) < 4.78 is 39.4. The molecule has 0 bridgehead atoms. The Bertz CT molecular complexity index is 744. The number of hydrogen-bond acceptors (Lipinski definition) is 5. The Labute approximate surface area is 157 Å². The molecule has 2 aromatic rings. The summed E-state index contributed by atoms with van der Waals surface area (Å²) in [5.74, 6) is -0.192. The summed E-state index contributed by atoms with van der Waals surface area (Å²) in [6.07, 6.45) is 0.731. The highest BCUT2D eigenvalue weighted by molar-refractivity contribution is 7.99. The molecule has 3 rings (SSSR count). The highest BCUT2D eigenvalue weighted by Gasteiger charge is 2.34. The fourth-order valence-electron chi connectivity index (χ4n) is 2.83. The van der Waals surface area contributed by atoms with E-state index in [9.17, 15) is 18.0 Å². The lowest BCUT2D eigenvalue weighted by molar-refractivity contribution is -0.141. The Morgan fingerprint density at radius 1 is 1.27 bits per heavy atom. The molecule has 0 atom stereocenters. The zero-order valence-electron chi connectivity index (χ0n) is 13.9. The first kappa shape index (κ1) is 19.2. The second kappa shape index (κ2) is 8.39. The molecule has 1 saturated carbocycles. The van der Waals surface area contributed by atoms with Crippen LogP contribution in [0, 0.1) is 0 Å². The lowest BCUT2D eigenvalue weighted by Gasteiger charge is -2.22. The van der Waals surface area contributed by atoms with Gasteiger partial charge in [-0.25, -0.2) is 9.97 Å². The van der Waals surface area contributed by atoms with Gasteiger partial charge < -0.3 is 5.32 Å². The van der Waals surface area contributed by atoms with E-state index in [1.54, 1.807) is 17.5 Å². The van der Waals surface area contributed by atoms with Crippen molar-refractivity contribution in [3.05, 3.63) is 29.3 Å². The minimum atomic E-state index is -4.56. The molecule has 140 valence electrons. The molecule has 0 unspecified atom stereocenters. The van der Waals surface area contributed by atoms with Gasteiger partial charge in [-0.3, -0.25) is 4.79 Å². The van der Waals surface area contributed by atoms with Crippen molar-refractivity contribution in [2.75, 3.05) is 5.75 Å². The zero-order chi connectivity index (χ0) is 18.6. The van der Waals surface area contributed by atoms with Crippen molar-refractivity contribution < 1.29 is 18.0 Å². The Kier molecular flexibility index (Phi) is 6.18. The van der Waals surface area contributed by atoms with E-state index in [1.807, 2.05) is 0 Å². The van der Waals surface area contributed by atoms with Gasteiger partial charge in [0.25, 0.3) is 0 Å². The third-order valence-corrected chi connectivity index (χ3v) is 5.81. The largest absolute Gasteiger partial charge is 0.433 e. The van der Waals surface area contributed by atoms with E-state index >= 15 is 0 Å². The second-order valence-electron chi connectivity index (χ2n) is 6.09. The minimum Gasteiger partial charge on any atom is -0.353 e. The summed E-state index contributed by atoms with van der Waals surface area (Å²) in [5.41, 5.74) is -0.774. The Morgan fingerprint density at radius 3 is 2.69 bits per heavy atom. The predicted octanol–water partition coefficient (Wildman–Crippen LogP) is 4.76. The van der Waals surface area contributed by atoms with Crippen molar-refractivity contribution in [1.82, 2.24) is 15.3 Å². The molecule has 2 aromatic heterocycles. The molecule has 4 nitrogen and oxygen atoms in total. The number of rotatable bonds is 5. The van der Waals surface area contributed by atoms with E-state index in [0.29, 0.717) is 4.88 Å². The van der Waals surface area contributed by atoms with Crippen LogP contribution in [0.3, 0.4) is 0 Å². The summed E-state index contributed by atoms with van der Waals surface area (Å²) in [6, 6.07) is 4.57. The van der Waals surface area contributed by atoms with Crippen molar-refractivity contribution in [1.29, 1.82) is 0 Å². The Morgan fingerprint density at radius 2 is 2.04 bits per heavy atom. The van der Waals surface area contributed by atoms with Crippen molar-refractivity contribution in [2.24, 2.45) is 0 Å². The normalized spacial score (nSPS) is 15.8. The fraction of sp³-hybridized carbons (Fsp3) is 0.471. The van der Waals surface area contributed by atoms with Crippen LogP contribution in [0.25, 0.3) is 10.6 Å². The lowest BCUT2D eigenvalue weighted by Crippen LogP contribution is -2.37. The molecule has 1 N–H and O–H groups in total. The molecule has 0 aromatic carbocycles. The molecule has 2 heterocycles. The summed E-state index contributed by atoms with van der Waals surface area (Å²) in [5, 5.41) is 4.67. The van der Waals surface area contributed by atoms with Crippen molar-refractivity contribution in [3.8, 4) is 10.6 Å². The maximum atomic E-state index is 13.1. The lowest BCUT2D eigenvalue weighted by atomic mass is 9.95. The number of aromatic nitrogens is 2. The third kappa shape index (κ3) is 5.20. The van der Waals surface area contributed by atoms with Crippen LogP contribution in [0.1, 0.15) is 37.8 Å². The van der Waals surface area contributed by atoms with E-state index in [0.717, 1.165) is 43.5 Å². The Balaban J connectivity index is 1.70. The molecular formula is C17H18F3N3OS2. The van der Waals surface area contributed by atoms with E-state index in [-0.39, 0.29) is 28.6 Å². The number of halogens is 3. The van der Waals surface area contributed by atoms with Crippen LogP contribution < -0.4 is 5.32 Å². The van der Waals surface area contributed by atoms with Crippen LogP contribution >= 0.6 is 23.1 Å². The molecule has 9 heteroatoms. The number of amides is 1. The molecule has 0 saturated heterocycles. The number of carbonyl (C=O) groups is 1. The summed E-state index contributed by atoms with van der Waals surface area (Å²) >= 11 is 2.23. The topological polar surface area (TPSA) is 54.9 Å². The molecule has 1 amide bonds. The molecule has 0 aliphatic heterocycles. The summed E-state index contributed by atoms with van der Waals surface area (Å²) in [6.45, 7) is 0. The number of nitrogens with one attached hydrogen (secondary N) is 1. The van der Waals surface area contributed by atoms with Gasteiger partial charge in [0.05, 0.1) is 16.3 Å². The van der Waals surface area contributed by atoms with Crippen LogP contribution in [0.15, 0.2) is 28.7 Å². The van der Waals surface area contributed by atoms with Crippen LogP contribution in [-0.2, 0) is 11.0 Å². The molecule has 26 heavy (non-hydrogen) atoms. The van der Waals surface area contributed by atoms with Crippen molar-refractivity contribution >= 4 is 29.0 Å². The maximum absolute atomic E-state index is 13.1. The monoisotopic (exact) mass is 401 g/mol. The standard InChI is InChI=1S/C17H18F3N3OS2/c18-17(19,20)14-9-12(13-7-4-8-25-13)22-16(23-14)26-10-15(24)21-11-5-2-1-3-6-11/h4,7-9,11H,1-3,5-6,10H2,(H,21,24). The fourth-order valence-corrected chi connectivity index (χ4v) is 4.19. The van der Waals surface area contributed by atoms with Gasteiger partial charge in [0.2, 0.25) is 5.91 Å². The predicted molar refractivity (Wildman–Crippen MR) is 96.1 cm³/mol. The van der Waals surface area contributed by atoms with Crippen LogP contribution in [-0.4, -0.2) is 27.7 Å². The van der Waals surface area contributed by atoms with Gasteiger partial charge >= 0.3 is 6.18 Å². The van der Waals surface area contributed by atoms with Crippen molar-refractivity contribution in [3.63, 3.8) is 0 Å². The SMILES string of the molecule is O=C(CSc1nc(-c2cccs2)cc(C(F)(F)F)n1)NC1CCCCC1. The second-order valence-corrected chi connectivity index (χ2v) is 7.98. The van der Waals surface area contributed by atoms with Crippen molar-refractivity contribution in [2.45, 2.75) is 49.5 Å². The average Bonchev–Trinajstić information content (AvgIpc) is 3.14. The number of hydrogen-bond donors (Lipinski definition) is 1. The minimum absolute atomic E-state index is 0.00168. The smallest absolute Gasteiger partial charge is 0.353 e. The number of alkyl halides is 3. The van der Waals surface area contributed by atoms with Gasteiger partial charge in [-0.1, -0.05) is 37.1 Å². The van der Waals surface area contributed by atoms with Gasteiger partial charge in [-0.15, -0.1) is 11.3 Å². The van der Waals surface area contributed by atoms with E-state index in [1.165, 1.54) is 17.8 Å². The van der Waals surface area contributed by atoms with E-state index in [4.69, 9.17) is 0 Å². The molecule has 0 radical (unpaired) electrons. The maximum Gasteiger partial charge on any atom is 0.433 e. The molecule has 0 spiro atoms. The van der Waals surface area contributed by atoms with Gasteiger partial charge in [-0.2, -0.15) is 13.2 Å². The zero-order valence-corrected chi connectivity index (χ0v) is 15.5. The van der Waals surface area contributed by atoms with Gasteiger partial charge in [-0.05, 0) is 30.4 Å². The highest BCUT2D eigenvalue weighted by atomic mass is 32.2. The average molecular weight is 401 g/mol. The number of carbonyl (C=O) groups excluding carboxylic acids is 1. The molecule has 1 fully saturated rings. The third-order valence-electron chi connectivity index (χ3n) is 4.07. The quantitative estimate of drug-likeness (QED) is 0.579. The van der Waals surface area contributed by atoms with Crippen LogP contribution in [0.4, 0.5) is 13.2 Å². The van der Waals surface area contributed by atoms with Gasteiger partial charge in [0.15, 0.2) is 5.16 Å². The van der Waals surface area contributed by atoms with Gasteiger partial charge in [0, 0.05) is 6.04 Å². The first-order chi connectivity index (χ1) is 12.4. The Hall–Kier alpha value is -1.61. The van der Waals surface area contributed by atoms with Crippen LogP contribution in [0.2, 0.25) is 0 Å². The van der Waals surface area contributed by atoms with Gasteiger partial charge in [0.1, 0.15) is 5.69 Å². The highest BCUT2D eigenvalue weighted by Crippen LogP contribution is 2.33. The number of thiophene rings is 1. The number of thioether (sulfide) groups is 1. The van der Waals surface area contributed by atoms with Crippen LogP contribution in [0.5, 0.6) is 0 Å². The first-order valence-electron chi connectivity index (χ1n) is 8.34. The molecule has 1 aliphatic carbocycles. The summed E-state index contributed by atoms with van der Waals surface area (Å²) in [7, 11) is 0. The van der Waals surface area contributed by atoms with E-state index < -0.39 is 11.9 Å². The molecule has 1 aliphatic rings. The summed E-state index contributed by atoms with van der Waals surface area (Å²) in [4.78, 5) is 20.5. The first-order valence-corrected chi connectivity index (χ1v) is 10.2. The number of nitrogens with zero attached hydrogens (tertiary/aromatic N) is 2. The van der Waals surface area contributed by atoms with E-state index in [2.05, 4.69) is 15.3 Å². The molecular weight excluding hydrogens is 383 g/mol.